The number of amidine groups is 1. The molecular weight excluding hydrogens is 532 g/mol. The van der Waals surface area contributed by atoms with Gasteiger partial charge in [-0.05, 0) is 25.1 Å². The molecule has 3 aromatic rings. The Morgan fingerprint density at radius 2 is 1.97 bits per heavy atom. The van der Waals surface area contributed by atoms with Crippen LogP contribution in [0.15, 0.2) is 64.3 Å². The van der Waals surface area contributed by atoms with Crippen LogP contribution in [0.4, 0.5) is 4.39 Å². The second-order valence-corrected chi connectivity index (χ2v) is 9.12. The van der Waals surface area contributed by atoms with Crippen molar-refractivity contribution in [2.24, 2.45) is 16.5 Å². The fourth-order valence-electron chi connectivity index (χ4n) is 2.58. The number of aryl methyl sites for hydroxylation is 1. The van der Waals surface area contributed by atoms with Crippen LogP contribution in [0, 0.1) is 6.92 Å². The third-order valence-corrected chi connectivity index (χ3v) is 6.61. The van der Waals surface area contributed by atoms with E-state index in [1.54, 1.807) is 34.7 Å². The largest absolute Gasteiger partial charge is 0.383 e. The Balaban J connectivity index is 2.26. The Labute approximate surface area is 185 Å². The van der Waals surface area contributed by atoms with Gasteiger partial charge in [0.1, 0.15) is 5.84 Å². The van der Waals surface area contributed by atoms with E-state index in [1.807, 2.05) is 6.92 Å². The molecule has 7 nitrogen and oxygen atoms in total. The summed E-state index contributed by atoms with van der Waals surface area (Å²) >= 11 is 7.83. The molecule has 0 aliphatic heterocycles. The molecule has 1 aromatic carbocycles. The third kappa shape index (κ3) is 4.23. The normalized spacial score (nSPS) is 13.6. The zero-order valence-corrected chi connectivity index (χ0v) is 18.8. The zero-order chi connectivity index (χ0) is 21.3. The third-order valence-electron chi connectivity index (χ3n) is 4.07. The molecule has 0 spiro atoms. The van der Waals surface area contributed by atoms with Crippen LogP contribution in [0.2, 0.25) is 5.02 Å². The molecular formula is C18H16ClFIN5O2S. The lowest BCUT2D eigenvalue weighted by atomic mass is 10.2. The van der Waals surface area contributed by atoms with Crippen molar-refractivity contribution in [2.75, 3.05) is 4.43 Å². The van der Waals surface area contributed by atoms with Gasteiger partial charge >= 0.3 is 0 Å². The van der Waals surface area contributed by atoms with Gasteiger partial charge in [0.15, 0.2) is 17.3 Å². The van der Waals surface area contributed by atoms with Crippen LogP contribution in [0.25, 0.3) is 11.0 Å². The van der Waals surface area contributed by atoms with Gasteiger partial charge in [-0.25, -0.2) is 26.8 Å². The van der Waals surface area contributed by atoms with Crippen molar-refractivity contribution < 1.29 is 12.8 Å². The average Bonchev–Trinajstić information content (AvgIpc) is 3.07. The lowest BCUT2D eigenvalue weighted by Gasteiger charge is -2.07. The summed E-state index contributed by atoms with van der Waals surface area (Å²) < 4.78 is 41.0. The molecule has 0 aliphatic carbocycles. The molecule has 11 heteroatoms. The van der Waals surface area contributed by atoms with Gasteiger partial charge in [-0.15, -0.1) is 0 Å². The van der Waals surface area contributed by atoms with Gasteiger partial charge in [0, 0.05) is 23.3 Å². The second kappa shape index (κ2) is 8.28. The van der Waals surface area contributed by atoms with Crippen LogP contribution < -0.4 is 11.5 Å². The zero-order valence-electron chi connectivity index (χ0n) is 15.1. The van der Waals surface area contributed by atoms with E-state index in [1.165, 1.54) is 30.6 Å². The Morgan fingerprint density at radius 3 is 2.59 bits per heavy atom. The summed E-state index contributed by atoms with van der Waals surface area (Å²) in [5.41, 5.74) is 12.9. The molecule has 3 rings (SSSR count). The Kier molecular flexibility index (Phi) is 6.15. The minimum atomic E-state index is -3.98. The quantitative estimate of drug-likeness (QED) is 0.220. The van der Waals surface area contributed by atoms with Crippen molar-refractivity contribution >= 4 is 61.1 Å². The standard InChI is InChI=1S/C18H16ClFIN5O2S/c1-10-2-4-12(5-3-10)29(27,28)26-9-14(13-6-11(19)8-24-18(13)26)16(22)25-17(23)15(20)7-21/h2-6,8-9H,7,23H2,1H3,(H2,22,25)/b17-15+. The maximum atomic E-state index is 13.7. The molecule has 0 amide bonds. The number of aromatic nitrogens is 2. The molecule has 0 aliphatic rings. The summed E-state index contributed by atoms with van der Waals surface area (Å²) in [5, 5.41) is 0.621. The first-order valence-corrected chi connectivity index (χ1v) is 11.5. The van der Waals surface area contributed by atoms with Gasteiger partial charge < -0.3 is 11.5 Å². The lowest BCUT2D eigenvalue weighted by Crippen LogP contribution is -2.16. The monoisotopic (exact) mass is 547 g/mol. The molecule has 29 heavy (non-hydrogen) atoms. The number of pyridine rings is 1. The van der Waals surface area contributed by atoms with Gasteiger partial charge in [-0.2, -0.15) is 0 Å². The maximum absolute atomic E-state index is 13.7. The SMILES string of the molecule is Cc1ccc(S(=O)(=O)n2cc(/C(N)=N/C(N)=C(/F)CI)c3cc(Cl)cnc32)cc1. The first-order chi connectivity index (χ1) is 13.6. The van der Waals surface area contributed by atoms with Crippen molar-refractivity contribution in [1.82, 2.24) is 8.96 Å². The summed E-state index contributed by atoms with van der Waals surface area (Å²) in [6, 6.07) is 7.90. The van der Waals surface area contributed by atoms with Crippen molar-refractivity contribution in [3.63, 3.8) is 0 Å². The molecule has 0 bridgehead atoms. The Morgan fingerprint density at radius 1 is 1.31 bits per heavy atom. The summed E-state index contributed by atoms with van der Waals surface area (Å²) in [5.74, 6) is -1.18. The van der Waals surface area contributed by atoms with E-state index in [9.17, 15) is 12.8 Å². The Hall–Kier alpha value is -2.18. The molecule has 152 valence electrons. The molecule has 0 saturated carbocycles. The van der Waals surface area contributed by atoms with Gasteiger partial charge in [0.25, 0.3) is 10.0 Å². The number of nitrogens with zero attached hydrogens (tertiary/aromatic N) is 3. The number of allylic oxidation sites excluding steroid dienone is 1. The van der Waals surface area contributed by atoms with E-state index in [2.05, 4.69) is 9.98 Å². The van der Waals surface area contributed by atoms with Crippen LogP contribution in [-0.2, 0) is 10.0 Å². The number of hydrogen-bond donors (Lipinski definition) is 2. The van der Waals surface area contributed by atoms with Crippen molar-refractivity contribution in [3.05, 3.63) is 70.5 Å². The highest BCUT2D eigenvalue weighted by atomic mass is 127. The number of rotatable bonds is 5. The first-order valence-electron chi connectivity index (χ1n) is 8.18. The fourth-order valence-corrected chi connectivity index (χ4v) is 4.46. The molecule has 0 unspecified atom stereocenters. The van der Waals surface area contributed by atoms with E-state index < -0.39 is 15.9 Å². The van der Waals surface area contributed by atoms with Crippen LogP contribution >= 0.6 is 34.2 Å². The van der Waals surface area contributed by atoms with Crippen LogP contribution in [0.1, 0.15) is 11.1 Å². The maximum Gasteiger partial charge on any atom is 0.269 e. The molecule has 0 fully saturated rings. The highest BCUT2D eigenvalue weighted by molar-refractivity contribution is 14.1. The number of fused-ring (bicyclic) bond motifs is 1. The lowest BCUT2D eigenvalue weighted by molar-refractivity contribution is 0.588. The van der Waals surface area contributed by atoms with Gasteiger partial charge in [-0.1, -0.05) is 51.9 Å². The minimum absolute atomic E-state index is 0.0251. The summed E-state index contributed by atoms with van der Waals surface area (Å²) in [6.07, 6.45) is 2.60. The number of benzene rings is 1. The summed E-state index contributed by atoms with van der Waals surface area (Å²) in [6.45, 7) is 1.85. The van der Waals surface area contributed by atoms with Gasteiger partial charge in [-0.3, -0.25) is 0 Å². The predicted octanol–water partition coefficient (Wildman–Crippen LogP) is 3.47. The van der Waals surface area contributed by atoms with E-state index in [4.69, 9.17) is 23.1 Å². The molecule has 2 heterocycles. The molecule has 4 N–H and O–H groups in total. The van der Waals surface area contributed by atoms with Crippen molar-refractivity contribution in [3.8, 4) is 0 Å². The summed E-state index contributed by atoms with van der Waals surface area (Å²) in [7, 11) is -3.98. The van der Waals surface area contributed by atoms with Crippen molar-refractivity contribution in [1.29, 1.82) is 0 Å². The molecule has 2 aromatic heterocycles. The van der Waals surface area contributed by atoms with E-state index in [0.717, 1.165) is 9.54 Å². The summed E-state index contributed by atoms with van der Waals surface area (Å²) in [4.78, 5) is 8.09. The van der Waals surface area contributed by atoms with Crippen LogP contribution in [0.5, 0.6) is 0 Å². The highest BCUT2D eigenvalue weighted by Gasteiger charge is 2.23. The topological polar surface area (TPSA) is 116 Å². The minimum Gasteiger partial charge on any atom is -0.383 e. The van der Waals surface area contributed by atoms with Gasteiger partial charge in [0.05, 0.1) is 14.3 Å². The predicted molar refractivity (Wildman–Crippen MR) is 120 cm³/mol. The number of nitrogens with two attached hydrogens (primary N) is 2. The molecule has 0 atom stereocenters. The fraction of sp³-hybridized carbons (Fsp3) is 0.111. The van der Waals surface area contributed by atoms with Crippen LogP contribution in [-0.4, -0.2) is 27.6 Å². The first kappa shape index (κ1) is 21.5. The number of hydrogen-bond acceptors (Lipinski definition) is 5. The molecule has 0 radical (unpaired) electrons. The number of alkyl halides is 1. The highest BCUT2D eigenvalue weighted by Crippen LogP contribution is 2.27. The second-order valence-electron chi connectivity index (χ2n) is 6.10. The van der Waals surface area contributed by atoms with Crippen LogP contribution in [0.3, 0.4) is 0 Å². The molecule has 0 saturated heterocycles. The number of aliphatic imine (C=N–C) groups is 1. The van der Waals surface area contributed by atoms with E-state index >= 15 is 0 Å². The average molecular weight is 548 g/mol. The van der Waals surface area contributed by atoms with E-state index in [0.29, 0.717) is 5.39 Å². The smallest absolute Gasteiger partial charge is 0.269 e. The van der Waals surface area contributed by atoms with Gasteiger partial charge in [0.2, 0.25) is 0 Å². The number of halogens is 3. The van der Waals surface area contributed by atoms with Crippen molar-refractivity contribution in [2.45, 2.75) is 11.8 Å². The Bertz CT molecular complexity index is 1250. The van der Waals surface area contributed by atoms with E-state index in [-0.39, 0.29) is 37.2 Å².